The van der Waals surface area contributed by atoms with Crippen LogP contribution in [0, 0.1) is 0 Å². The predicted molar refractivity (Wildman–Crippen MR) is 94.1 cm³/mol. The van der Waals surface area contributed by atoms with Crippen LogP contribution in [0.3, 0.4) is 0 Å². The molecule has 26 heavy (non-hydrogen) atoms. The molecule has 1 heterocycles. The first-order valence-corrected chi connectivity index (χ1v) is 9.67. The topological polar surface area (TPSA) is 111 Å². The molecule has 0 unspecified atom stereocenters. The highest BCUT2D eigenvalue weighted by Gasteiger charge is 2.18. The summed E-state index contributed by atoms with van der Waals surface area (Å²) < 4.78 is 36.5. The molecule has 8 nitrogen and oxygen atoms in total. The van der Waals surface area contributed by atoms with Crippen LogP contribution in [-0.4, -0.2) is 52.7 Å². The number of sulfonamides is 1. The lowest BCUT2D eigenvalue weighted by molar-refractivity contribution is -0.124. The molecule has 2 N–H and O–H groups in total. The highest BCUT2D eigenvalue weighted by Crippen LogP contribution is 2.12. The smallest absolute Gasteiger partial charge is 0.338 e. The first-order chi connectivity index (χ1) is 12.4. The van der Waals surface area contributed by atoms with Gasteiger partial charge in [0.2, 0.25) is 10.0 Å². The van der Waals surface area contributed by atoms with Gasteiger partial charge in [-0.2, -0.15) is 0 Å². The number of benzene rings is 1. The van der Waals surface area contributed by atoms with Gasteiger partial charge in [-0.25, -0.2) is 17.9 Å². The average Bonchev–Trinajstić information content (AvgIpc) is 3.16. The molecule has 1 fully saturated rings. The Morgan fingerprint density at radius 3 is 2.65 bits per heavy atom. The van der Waals surface area contributed by atoms with E-state index in [0.717, 1.165) is 12.8 Å². The van der Waals surface area contributed by atoms with Crippen molar-refractivity contribution in [2.24, 2.45) is 0 Å². The molecule has 1 saturated heterocycles. The van der Waals surface area contributed by atoms with Gasteiger partial charge < -0.3 is 14.8 Å². The minimum Gasteiger partial charge on any atom is -0.452 e. The second-order valence-corrected chi connectivity index (χ2v) is 7.45. The standard InChI is InChI=1S/C17H22N2O6S/c1-2-9-19-26(22,23)15-7-5-13(6-8-15)17(21)25-12-16(20)18-11-14-4-3-10-24-14/h2,5-8,14,19H,1,3-4,9-12H2,(H,18,20)/t14-/m0/s1. The third-order valence-electron chi connectivity index (χ3n) is 3.70. The first kappa shape index (κ1) is 20.1. The molecule has 0 aromatic heterocycles. The van der Waals surface area contributed by atoms with Crippen LogP contribution in [-0.2, 0) is 24.3 Å². The average molecular weight is 382 g/mol. The van der Waals surface area contributed by atoms with E-state index in [1.807, 2.05) is 0 Å². The maximum atomic E-state index is 11.9. The largest absolute Gasteiger partial charge is 0.452 e. The van der Waals surface area contributed by atoms with Crippen LogP contribution in [0.25, 0.3) is 0 Å². The molecular weight excluding hydrogens is 360 g/mol. The molecule has 0 aliphatic carbocycles. The summed E-state index contributed by atoms with van der Waals surface area (Å²) in [6.07, 6.45) is 3.31. The van der Waals surface area contributed by atoms with Crippen molar-refractivity contribution in [1.82, 2.24) is 10.0 Å². The summed E-state index contributed by atoms with van der Waals surface area (Å²) in [6, 6.07) is 5.24. The minimum absolute atomic E-state index is 0.0128. The van der Waals surface area contributed by atoms with Crippen LogP contribution in [0.5, 0.6) is 0 Å². The Morgan fingerprint density at radius 1 is 1.31 bits per heavy atom. The van der Waals surface area contributed by atoms with Gasteiger partial charge in [-0.1, -0.05) is 6.08 Å². The van der Waals surface area contributed by atoms with Crippen LogP contribution < -0.4 is 10.0 Å². The SMILES string of the molecule is C=CCNS(=O)(=O)c1ccc(C(=O)OCC(=O)NC[C@@H]2CCCO2)cc1. The lowest BCUT2D eigenvalue weighted by Crippen LogP contribution is -2.34. The van der Waals surface area contributed by atoms with Gasteiger partial charge in [0.1, 0.15) is 0 Å². The molecule has 0 spiro atoms. The molecule has 2 rings (SSSR count). The van der Waals surface area contributed by atoms with Gasteiger partial charge in [0.25, 0.3) is 5.91 Å². The maximum absolute atomic E-state index is 11.9. The van der Waals surface area contributed by atoms with Crippen LogP contribution in [0.4, 0.5) is 0 Å². The van der Waals surface area contributed by atoms with E-state index in [4.69, 9.17) is 9.47 Å². The fraction of sp³-hybridized carbons (Fsp3) is 0.412. The van der Waals surface area contributed by atoms with E-state index in [2.05, 4.69) is 16.6 Å². The van der Waals surface area contributed by atoms with Gasteiger partial charge in [-0.05, 0) is 37.1 Å². The molecule has 1 atom stereocenters. The Balaban J connectivity index is 1.81. The van der Waals surface area contributed by atoms with Crippen molar-refractivity contribution in [2.75, 3.05) is 26.3 Å². The lowest BCUT2D eigenvalue weighted by Gasteiger charge is -2.11. The summed E-state index contributed by atoms with van der Waals surface area (Å²) in [5.41, 5.74) is 0.152. The summed E-state index contributed by atoms with van der Waals surface area (Å²) in [7, 11) is -3.66. The van der Waals surface area contributed by atoms with Crippen molar-refractivity contribution in [3.63, 3.8) is 0 Å². The molecule has 1 amide bonds. The van der Waals surface area contributed by atoms with E-state index in [-0.39, 0.29) is 23.1 Å². The van der Waals surface area contributed by atoms with E-state index in [1.54, 1.807) is 0 Å². The van der Waals surface area contributed by atoms with Crippen molar-refractivity contribution in [1.29, 1.82) is 0 Å². The minimum atomic E-state index is -3.66. The fourth-order valence-corrected chi connectivity index (χ4v) is 3.32. The molecule has 0 radical (unpaired) electrons. The molecule has 9 heteroatoms. The summed E-state index contributed by atoms with van der Waals surface area (Å²) in [4.78, 5) is 23.6. The number of hydrogen-bond acceptors (Lipinski definition) is 6. The van der Waals surface area contributed by atoms with E-state index < -0.39 is 28.5 Å². The molecule has 0 bridgehead atoms. The highest BCUT2D eigenvalue weighted by molar-refractivity contribution is 7.89. The first-order valence-electron chi connectivity index (χ1n) is 8.18. The predicted octanol–water partition coefficient (Wildman–Crippen LogP) is 0.603. The summed E-state index contributed by atoms with van der Waals surface area (Å²) in [5, 5.41) is 2.64. The van der Waals surface area contributed by atoms with Crippen LogP contribution in [0.1, 0.15) is 23.2 Å². The normalized spacial score (nSPS) is 16.8. The maximum Gasteiger partial charge on any atom is 0.338 e. The number of carbonyl (C=O) groups excluding carboxylic acids is 2. The summed E-state index contributed by atoms with van der Waals surface area (Å²) in [6.45, 7) is 4.22. The molecule has 0 saturated carbocycles. The number of ether oxygens (including phenoxy) is 2. The molecule has 1 aliphatic heterocycles. The number of esters is 1. The van der Waals surface area contributed by atoms with Crippen molar-refractivity contribution >= 4 is 21.9 Å². The van der Waals surface area contributed by atoms with Crippen molar-refractivity contribution in [3.8, 4) is 0 Å². The van der Waals surface area contributed by atoms with E-state index in [1.165, 1.54) is 30.3 Å². The molecule has 1 aromatic rings. The van der Waals surface area contributed by atoms with Crippen LogP contribution in [0.2, 0.25) is 0 Å². The Kier molecular flexibility index (Phi) is 7.31. The quantitative estimate of drug-likeness (QED) is 0.478. The third kappa shape index (κ3) is 5.94. The van der Waals surface area contributed by atoms with Crippen molar-refractivity contribution in [2.45, 2.75) is 23.8 Å². The van der Waals surface area contributed by atoms with Gasteiger partial charge in [-0.3, -0.25) is 4.79 Å². The molecular formula is C17H22N2O6S. The summed E-state index contributed by atoms with van der Waals surface area (Å²) >= 11 is 0. The number of nitrogens with one attached hydrogen (secondary N) is 2. The Hall–Kier alpha value is -2.23. The molecule has 1 aliphatic rings. The second-order valence-electron chi connectivity index (χ2n) is 5.68. The van der Waals surface area contributed by atoms with Crippen molar-refractivity contribution in [3.05, 3.63) is 42.5 Å². The molecule has 142 valence electrons. The Morgan fingerprint density at radius 2 is 2.04 bits per heavy atom. The molecule has 1 aromatic carbocycles. The fourth-order valence-electron chi connectivity index (χ4n) is 2.32. The van der Waals surface area contributed by atoms with Gasteiger partial charge in [0.05, 0.1) is 16.6 Å². The highest BCUT2D eigenvalue weighted by atomic mass is 32.2. The Labute approximate surface area is 152 Å². The van der Waals surface area contributed by atoms with E-state index in [9.17, 15) is 18.0 Å². The number of rotatable bonds is 9. The van der Waals surface area contributed by atoms with E-state index in [0.29, 0.717) is 13.2 Å². The Bertz CT molecular complexity index is 739. The monoisotopic (exact) mass is 382 g/mol. The van der Waals surface area contributed by atoms with Gasteiger partial charge in [0.15, 0.2) is 6.61 Å². The third-order valence-corrected chi connectivity index (χ3v) is 5.14. The van der Waals surface area contributed by atoms with Crippen molar-refractivity contribution < 1.29 is 27.5 Å². The zero-order valence-electron chi connectivity index (χ0n) is 14.3. The summed E-state index contributed by atoms with van der Waals surface area (Å²) in [5.74, 6) is -1.12. The zero-order chi connectivity index (χ0) is 19.0. The van der Waals surface area contributed by atoms with E-state index >= 15 is 0 Å². The van der Waals surface area contributed by atoms with Crippen LogP contribution in [0.15, 0.2) is 41.8 Å². The second kappa shape index (κ2) is 9.46. The lowest BCUT2D eigenvalue weighted by atomic mass is 10.2. The van der Waals surface area contributed by atoms with Crippen LogP contribution >= 0.6 is 0 Å². The van der Waals surface area contributed by atoms with Gasteiger partial charge in [-0.15, -0.1) is 6.58 Å². The zero-order valence-corrected chi connectivity index (χ0v) is 15.1. The number of hydrogen-bond donors (Lipinski definition) is 2. The number of amides is 1. The number of carbonyl (C=O) groups is 2. The van der Waals surface area contributed by atoms with Gasteiger partial charge >= 0.3 is 5.97 Å². The van der Waals surface area contributed by atoms with Gasteiger partial charge in [0, 0.05) is 19.7 Å².